The lowest BCUT2D eigenvalue weighted by Crippen LogP contribution is -2.34. The van der Waals surface area contributed by atoms with Crippen molar-refractivity contribution in [2.75, 3.05) is 33.5 Å². The van der Waals surface area contributed by atoms with Crippen LogP contribution in [-0.4, -0.2) is 39.5 Å². The highest BCUT2D eigenvalue weighted by Gasteiger charge is 2.24. The number of methoxy groups -OCH3 is 1. The van der Waals surface area contributed by atoms with Crippen molar-refractivity contribution in [2.24, 2.45) is 5.92 Å². The van der Waals surface area contributed by atoms with Crippen LogP contribution in [0.2, 0.25) is 0 Å². The molecule has 1 fully saturated rings. The Hall–Kier alpha value is -0.120. The Morgan fingerprint density at radius 2 is 2.07 bits per heavy atom. The fourth-order valence-electron chi connectivity index (χ4n) is 2.36. The summed E-state index contributed by atoms with van der Waals surface area (Å²) in [5, 5.41) is 3.59. The summed E-state index contributed by atoms with van der Waals surface area (Å²) in [5.41, 5.74) is 0. The Morgan fingerprint density at radius 3 is 2.80 bits per heavy atom. The zero-order valence-corrected chi connectivity index (χ0v) is 10.1. The monoisotopic (exact) mass is 215 g/mol. The molecule has 0 spiro atoms. The Morgan fingerprint density at radius 1 is 1.20 bits per heavy atom. The number of rotatable bonds is 8. The number of hydrogen-bond acceptors (Lipinski definition) is 3. The molecule has 2 atom stereocenters. The van der Waals surface area contributed by atoms with E-state index >= 15 is 0 Å². The molecule has 0 saturated heterocycles. The minimum Gasteiger partial charge on any atom is -0.382 e. The molecule has 0 aromatic rings. The van der Waals surface area contributed by atoms with Gasteiger partial charge < -0.3 is 14.8 Å². The molecule has 3 heteroatoms. The van der Waals surface area contributed by atoms with Gasteiger partial charge in [-0.2, -0.15) is 0 Å². The number of ether oxygens (including phenoxy) is 2. The first kappa shape index (κ1) is 12.9. The van der Waals surface area contributed by atoms with Crippen molar-refractivity contribution < 1.29 is 9.47 Å². The predicted molar refractivity (Wildman–Crippen MR) is 62.1 cm³/mol. The number of nitrogens with one attached hydrogen (secondary N) is 1. The van der Waals surface area contributed by atoms with Crippen molar-refractivity contribution >= 4 is 0 Å². The molecule has 3 nitrogen and oxygen atoms in total. The molecule has 2 unspecified atom stereocenters. The van der Waals surface area contributed by atoms with Gasteiger partial charge in [-0.3, -0.25) is 0 Å². The summed E-state index contributed by atoms with van der Waals surface area (Å²) >= 11 is 0. The lowest BCUT2D eigenvalue weighted by atomic mass is 10.0. The van der Waals surface area contributed by atoms with Gasteiger partial charge in [-0.15, -0.1) is 0 Å². The molecule has 1 N–H and O–H groups in total. The highest BCUT2D eigenvalue weighted by Crippen LogP contribution is 2.27. The van der Waals surface area contributed by atoms with E-state index in [4.69, 9.17) is 9.47 Å². The second-order valence-corrected chi connectivity index (χ2v) is 4.27. The van der Waals surface area contributed by atoms with E-state index in [1.807, 2.05) is 0 Å². The fraction of sp³-hybridized carbons (Fsp3) is 1.00. The molecule has 15 heavy (non-hydrogen) atoms. The molecular weight excluding hydrogens is 190 g/mol. The molecule has 0 amide bonds. The summed E-state index contributed by atoms with van der Waals surface area (Å²) in [7, 11) is 1.70. The van der Waals surface area contributed by atoms with Crippen LogP contribution in [0.15, 0.2) is 0 Å². The van der Waals surface area contributed by atoms with Crippen LogP contribution in [0.3, 0.4) is 0 Å². The van der Waals surface area contributed by atoms with Gasteiger partial charge in [0.05, 0.1) is 19.8 Å². The van der Waals surface area contributed by atoms with Gasteiger partial charge in [0.1, 0.15) is 0 Å². The molecule has 90 valence electrons. The highest BCUT2D eigenvalue weighted by atomic mass is 16.5. The summed E-state index contributed by atoms with van der Waals surface area (Å²) in [6.07, 6.45) is 5.44. The third-order valence-corrected chi connectivity index (χ3v) is 3.27. The van der Waals surface area contributed by atoms with Crippen LogP contribution in [0.5, 0.6) is 0 Å². The van der Waals surface area contributed by atoms with E-state index in [9.17, 15) is 0 Å². The average molecular weight is 215 g/mol. The van der Waals surface area contributed by atoms with Crippen molar-refractivity contribution in [2.45, 2.75) is 38.6 Å². The van der Waals surface area contributed by atoms with Crippen molar-refractivity contribution in [3.05, 3.63) is 0 Å². The maximum atomic E-state index is 5.42. The van der Waals surface area contributed by atoms with Crippen molar-refractivity contribution in [3.63, 3.8) is 0 Å². The quantitative estimate of drug-likeness (QED) is 0.626. The van der Waals surface area contributed by atoms with Crippen molar-refractivity contribution in [1.82, 2.24) is 5.32 Å². The summed E-state index contributed by atoms with van der Waals surface area (Å²) < 4.78 is 10.3. The number of hydrogen-bond donors (Lipinski definition) is 1. The van der Waals surface area contributed by atoms with Crippen molar-refractivity contribution in [3.8, 4) is 0 Å². The van der Waals surface area contributed by atoms with E-state index < -0.39 is 0 Å². The van der Waals surface area contributed by atoms with E-state index in [1.54, 1.807) is 7.11 Å². The van der Waals surface area contributed by atoms with E-state index in [-0.39, 0.29) is 0 Å². The van der Waals surface area contributed by atoms with Gasteiger partial charge in [0.2, 0.25) is 0 Å². The predicted octanol–water partition coefficient (Wildman–Crippen LogP) is 1.82. The summed E-state index contributed by atoms with van der Waals surface area (Å²) in [6, 6.07) is 0.737. The summed E-state index contributed by atoms with van der Waals surface area (Å²) in [5.74, 6) is 0.893. The van der Waals surface area contributed by atoms with E-state index in [2.05, 4.69) is 12.2 Å². The smallest absolute Gasteiger partial charge is 0.0700 e. The van der Waals surface area contributed by atoms with Gasteiger partial charge >= 0.3 is 0 Å². The van der Waals surface area contributed by atoms with Crippen molar-refractivity contribution in [1.29, 1.82) is 0 Å². The summed E-state index contributed by atoms with van der Waals surface area (Å²) in [6.45, 7) is 5.47. The van der Waals surface area contributed by atoms with Gasteiger partial charge in [0.15, 0.2) is 0 Å². The largest absolute Gasteiger partial charge is 0.382 e. The third kappa shape index (κ3) is 4.96. The Kier molecular flexibility index (Phi) is 6.98. The topological polar surface area (TPSA) is 30.5 Å². The van der Waals surface area contributed by atoms with Crippen LogP contribution in [0.25, 0.3) is 0 Å². The van der Waals surface area contributed by atoms with Gasteiger partial charge in [0, 0.05) is 19.7 Å². The van der Waals surface area contributed by atoms with Gasteiger partial charge in [-0.25, -0.2) is 0 Å². The minimum atomic E-state index is 0.695. The molecule has 0 bridgehead atoms. The van der Waals surface area contributed by atoms with E-state index in [0.29, 0.717) is 13.2 Å². The molecular formula is C12H25NO2. The molecule has 0 aromatic heterocycles. The molecule has 0 radical (unpaired) electrons. The van der Waals surface area contributed by atoms with Crippen LogP contribution in [0, 0.1) is 5.92 Å². The average Bonchev–Trinajstić information content (AvgIpc) is 2.70. The molecule has 1 aliphatic carbocycles. The first-order valence-corrected chi connectivity index (χ1v) is 6.18. The second-order valence-electron chi connectivity index (χ2n) is 4.27. The standard InChI is InChI=1S/C12H25NO2/c1-3-11-5-4-6-12(11)13-7-8-15-10-9-14-2/h11-13H,3-10H2,1-2H3. The normalized spacial score (nSPS) is 26.0. The first-order chi connectivity index (χ1) is 7.38. The molecule has 0 aromatic carbocycles. The molecule has 0 heterocycles. The zero-order chi connectivity index (χ0) is 10.9. The lowest BCUT2D eigenvalue weighted by molar-refractivity contribution is 0.0705. The third-order valence-electron chi connectivity index (χ3n) is 3.27. The van der Waals surface area contributed by atoms with Crippen LogP contribution in [0.1, 0.15) is 32.6 Å². The van der Waals surface area contributed by atoms with Gasteiger partial charge in [0.25, 0.3) is 0 Å². The van der Waals surface area contributed by atoms with E-state index in [1.165, 1.54) is 25.7 Å². The van der Waals surface area contributed by atoms with E-state index in [0.717, 1.165) is 25.1 Å². The Labute approximate surface area is 93.5 Å². The molecule has 1 rings (SSSR count). The first-order valence-electron chi connectivity index (χ1n) is 6.18. The fourth-order valence-corrected chi connectivity index (χ4v) is 2.36. The van der Waals surface area contributed by atoms with Crippen LogP contribution < -0.4 is 5.32 Å². The second kappa shape index (κ2) is 8.08. The van der Waals surface area contributed by atoms with Crippen LogP contribution in [0.4, 0.5) is 0 Å². The van der Waals surface area contributed by atoms with Gasteiger partial charge in [-0.05, 0) is 18.8 Å². The SMILES string of the molecule is CCC1CCCC1NCCOCCOC. The molecule has 1 aliphatic rings. The maximum Gasteiger partial charge on any atom is 0.0700 e. The summed E-state index contributed by atoms with van der Waals surface area (Å²) in [4.78, 5) is 0. The Balaban J connectivity index is 1.95. The minimum absolute atomic E-state index is 0.695. The highest BCUT2D eigenvalue weighted by molar-refractivity contribution is 4.81. The van der Waals surface area contributed by atoms with Gasteiger partial charge in [-0.1, -0.05) is 19.8 Å². The Bertz CT molecular complexity index is 153. The zero-order valence-electron chi connectivity index (χ0n) is 10.1. The van der Waals surface area contributed by atoms with Crippen LogP contribution in [-0.2, 0) is 9.47 Å². The van der Waals surface area contributed by atoms with Crippen LogP contribution >= 0.6 is 0 Å². The molecule has 1 saturated carbocycles. The molecule has 0 aliphatic heterocycles. The maximum absolute atomic E-state index is 5.42. The lowest BCUT2D eigenvalue weighted by Gasteiger charge is -2.19.